The van der Waals surface area contributed by atoms with E-state index in [2.05, 4.69) is 18.8 Å². The third-order valence-electron chi connectivity index (χ3n) is 4.39. The van der Waals surface area contributed by atoms with Crippen LogP contribution >= 0.6 is 11.3 Å². The van der Waals surface area contributed by atoms with Crippen molar-refractivity contribution in [2.45, 2.75) is 52.4 Å². The topological polar surface area (TPSA) is 38.9 Å². The number of nitrogens with two attached hydrogens (primary N) is 1. The summed E-state index contributed by atoms with van der Waals surface area (Å²) in [4.78, 5) is 5.78. The van der Waals surface area contributed by atoms with E-state index < -0.39 is 0 Å². The molecule has 1 fully saturated rings. The van der Waals surface area contributed by atoms with Crippen molar-refractivity contribution in [3.05, 3.63) is 16.1 Å². The predicted molar refractivity (Wildman–Crippen MR) is 74.3 cm³/mol. The Bertz CT molecular complexity index is 351. The number of aryl methyl sites for hydroxylation is 1. The molecule has 0 spiro atoms. The standard InChI is InChI=1S/C14H24N2S/c1-3-12-4-6-14(10-15,7-5-12)8-13-9-16-11(2)17-13/h9,12H,3-8,10,15H2,1-2H3. The fourth-order valence-corrected chi connectivity index (χ4v) is 3.98. The van der Waals surface area contributed by atoms with Crippen LogP contribution < -0.4 is 5.73 Å². The Labute approximate surface area is 109 Å². The Kier molecular flexibility index (Phi) is 4.21. The molecule has 17 heavy (non-hydrogen) atoms. The van der Waals surface area contributed by atoms with Crippen LogP contribution in [0, 0.1) is 18.3 Å². The highest BCUT2D eigenvalue weighted by atomic mass is 32.1. The molecule has 2 rings (SSSR count). The highest BCUT2D eigenvalue weighted by molar-refractivity contribution is 7.11. The predicted octanol–water partition coefficient (Wildman–Crippen LogP) is 3.54. The fraction of sp³-hybridized carbons (Fsp3) is 0.786. The first-order valence-electron chi connectivity index (χ1n) is 6.79. The van der Waals surface area contributed by atoms with Gasteiger partial charge in [-0.05, 0) is 56.9 Å². The van der Waals surface area contributed by atoms with Gasteiger partial charge >= 0.3 is 0 Å². The Balaban J connectivity index is 2.01. The highest BCUT2D eigenvalue weighted by Gasteiger charge is 2.34. The van der Waals surface area contributed by atoms with Gasteiger partial charge in [0.1, 0.15) is 0 Å². The van der Waals surface area contributed by atoms with Crippen molar-refractivity contribution in [3.8, 4) is 0 Å². The lowest BCUT2D eigenvalue weighted by Crippen LogP contribution is -2.36. The molecule has 0 amide bonds. The molecule has 96 valence electrons. The molecule has 0 aliphatic heterocycles. The smallest absolute Gasteiger partial charge is 0.0896 e. The maximum atomic E-state index is 6.06. The van der Waals surface area contributed by atoms with E-state index in [4.69, 9.17) is 5.73 Å². The molecule has 0 atom stereocenters. The van der Waals surface area contributed by atoms with Gasteiger partial charge in [-0.3, -0.25) is 0 Å². The van der Waals surface area contributed by atoms with E-state index in [1.165, 1.54) is 42.0 Å². The number of aromatic nitrogens is 1. The van der Waals surface area contributed by atoms with Crippen molar-refractivity contribution in [2.24, 2.45) is 17.1 Å². The summed E-state index contributed by atoms with van der Waals surface area (Å²) >= 11 is 1.84. The van der Waals surface area contributed by atoms with E-state index in [0.717, 1.165) is 18.9 Å². The Hall–Kier alpha value is -0.410. The second-order valence-corrected chi connectivity index (χ2v) is 6.90. The summed E-state index contributed by atoms with van der Waals surface area (Å²) in [6.07, 6.45) is 9.87. The lowest BCUT2D eigenvalue weighted by Gasteiger charge is -2.39. The summed E-state index contributed by atoms with van der Waals surface area (Å²) in [5.74, 6) is 0.942. The van der Waals surface area contributed by atoms with Crippen LogP contribution in [0.2, 0.25) is 0 Å². The molecule has 0 aromatic carbocycles. The molecule has 0 bridgehead atoms. The molecule has 0 unspecified atom stereocenters. The minimum atomic E-state index is 0.366. The van der Waals surface area contributed by atoms with E-state index in [1.807, 2.05) is 17.5 Å². The first-order valence-corrected chi connectivity index (χ1v) is 7.60. The van der Waals surface area contributed by atoms with Crippen LogP contribution in [-0.2, 0) is 6.42 Å². The molecule has 0 saturated heterocycles. The molecule has 1 aliphatic carbocycles. The van der Waals surface area contributed by atoms with Gasteiger partial charge in [0.2, 0.25) is 0 Å². The third kappa shape index (κ3) is 3.08. The largest absolute Gasteiger partial charge is 0.330 e. The van der Waals surface area contributed by atoms with Crippen LogP contribution in [0.3, 0.4) is 0 Å². The van der Waals surface area contributed by atoms with Gasteiger partial charge in [0, 0.05) is 11.1 Å². The second kappa shape index (κ2) is 5.49. The van der Waals surface area contributed by atoms with Gasteiger partial charge in [-0.25, -0.2) is 4.98 Å². The Morgan fingerprint density at radius 2 is 2.18 bits per heavy atom. The zero-order valence-corrected chi connectivity index (χ0v) is 11.9. The Morgan fingerprint density at radius 1 is 1.47 bits per heavy atom. The van der Waals surface area contributed by atoms with Crippen LogP contribution in [0.5, 0.6) is 0 Å². The molecule has 1 saturated carbocycles. The molecule has 1 aromatic rings. The number of hydrogen-bond donors (Lipinski definition) is 1. The maximum Gasteiger partial charge on any atom is 0.0896 e. The summed E-state index contributed by atoms with van der Waals surface area (Å²) in [5, 5.41) is 1.18. The third-order valence-corrected chi connectivity index (χ3v) is 5.31. The van der Waals surface area contributed by atoms with Gasteiger partial charge in [0.25, 0.3) is 0 Å². The minimum Gasteiger partial charge on any atom is -0.330 e. The highest BCUT2D eigenvalue weighted by Crippen LogP contribution is 2.42. The van der Waals surface area contributed by atoms with Gasteiger partial charge in [-0.15, -0.1) is 11.3 Å². The van der Waals surface area contributed by atoms with E-state index in [-0.39, 0.29) is 0 Å². The average molecular weight is 252 g/mol. The maximum absolute atomic E-state index is 6.06. The first-order chi connectivity index (χ1) is 8.17. The summed E-state index contributed by atoms with van der Waals surface area (Å²) in [6, 6.07) is 0. The Morgan fingerprint density at radius 3 is 2.65 bits per heavy atom. The van der Waals surface area contributed by atoms with E-state index in [9.17, 15) is 0 Å². The lowest BCUT2D eigenvalue weighted by molar-refractivity contribution is 0.154. The molecular weight excluding hydrogens is 228 g/mol. The quantitative estimate of drug-likeness (QED) is 0.890. The normalized spacial score (nSPS) is 29.5. The van der Waals surface area contributed by atoms with Crippen LogP contribution in [0.1, 0.15) is 48.9 Å². The number of nitrogens with zero attached hydrogens (tertiary/aromatic N) is 1. The zero-order chi connectivity index (χ0) is 12.3. The molecule has 0 radical (unpaired) electrons. The summed E-state index contributed by atoms with van der Waals surface area (Å²) in [5.41, 5.74) is 6.43. The number of rotatable bonds is 4. The van der Waals surface area contributed by atoms with Crippen LogP contribution in [0.15, 0.2) is 6.20 Å². The summed E-state index contributed by atoms with van der Waals surface area (Å²) in [6.45, 7) is 5.23. The van der Waals surface area contributed by atoms with E-state index in [1.54, 1.807) is 0 Å². The SMILES string of the molecule is CCC1CCC(CN)(Cc2cnc(C)s2)CC1. The summed E-state index contributed by atoms with van der Waals surface area (Å²) in [7, 11) is 0. The van der Waals surface area contributed by atoms with Crippen molar-refractivity contribution in [3.63, 3.8) is 0 Å². The minimum absolute atomic E-state index is 0.366. The zero-order valence-electron chi connectivity index (χ0n) is 11.0. The first kappa shape index (κ1) is 13.0. The van der Waals surface area contributed by atoms with Crippen LogP contribution in [-0.4, -0.2) is 11.5 Å². The van der Waals surface area contributed by atoms with Crippen LogP contribution in [0.4, 0.5) is 0 Å². The molecule has 1 aromatic heterocycles. The van der Waals surface area contributed by atoms with E-state index >= 15 is 0 Å². The van der Waals surface area contributed by atoms with Gasteiger partial charge in [-0.2, -0.15) is 0 Å². The molecule has 2 nitrogen and oxygen atoms in total. The lowest BCUT2D eigenvalue weighted by atomic mass is 9.68. The average Bonchev–Trinajstić information content (AvgIpc) is 2.75. The van der Waals surface area contributed by atoms with Gasteiger partial charge < -0.3 is 5.73 Å². The monoisotopic (exact) mass is 252 g/mol. The van der Waals surface area contributed by atoms with Crippen molar-refractivity contribution >= 4 is 11.3 Å². The second-order valence-electron chi connectivity index (χ2n) is 5.58. The molecular formula is C14H24N2S. The van der Waals surface area contributed by atoms with Gasteiger partial charge in [0.05, 0.1) is 5.01 Å². The fourth-order valence-electron chi connectivity index (χ4n) is 3.01. The molecule has 2 N–H and O–H groups in total. The number of thiazole rings is 1. The van der Waals surface area contributed by atoms with Crippen molar-refractivity contribution in [1.82, 2.24) is 4.98 Å². The van der Waals surface area contributed by atoms with Gasteiger partial charge in [-0.1, -0.05) is 13.3 Å². The summed E-state index contributed by atoms with van der Waals surface area (Å²) < 4.78 is 0. The van der Waals surface area contributed by atoms with Crippen molar-refractivity contribution in [2.75, 3.05) is 6.54 Å². The molecule has 3 heteroatoms. The van der Waals surface area contributed by atoms with Crippen molar-refractivity contribution in [1.29, 1.82) is 0 Å². The molecule has 1 heterocycles. The van der Waals surface area contributed by atoms with Gasteiger partial charge in [0.15, 0.2) is 0 Å². The van der Waals surface area contributed by atoms with E-state index in [0.29, 0.717) is 5.41 Å². The van der Waals surface area contributed by atoms with Crippen molar-refractivity contribution < 1.29 is 0 Å². The van der Waals surface area contributed by atoms with Crippen LogP contribution in [0.25, 0.3) is 0 Å². The number of hydrogen-bond acceptors (Lipinski definition) is 3. The molecule has 1 aliphatic rings.